The highest BCUT2D eigenvalue weighted by atomic mass is 16.6. The molecule has 35 heavy (non-hydrogen) atoms. The van der Waals surface area contributed by atoms with Crippen LogP contribution >= 0.6 is 0 Å². The molecule has 2 aromatic rings. The average molecular weight is 482 g/mol. The topological polar surface area (TPSA) is 128 Å². The van der Waals surface area contributed by atoms with Crippen molar-refractivity contribution in [1.29, 1.82) is 0 Å². The van der Waals surface area contributed by atoms with Crippen LogP contribution in [0, 0.1) is 10.1 Å². The number of rotatable bonds is 11. The molecule has 0 saturated carbocycles. The van der Waals surface area contributed by atoms with E-state index in [1.807, 2.05) is 6.92 Å². The standard InChI is InChI=1S/C25H27N3O7/c1-3-5-6-7-13-35-21-12-11-17(15-22(21)34-4-2)14-20-23(29)26-25(31)27(24(20)30)18-9-8-10-19(16-18)28(32)33/h8-12,14-16H,3-7,13H2,1-2H3,(H,26,29,31)/b20-14-. The first-order chi connectivity index (χ1) is 16.8. The van der Waals surface area contributed by atoms with E-state index in [1.54, 1.807) is 18.2 Å². The molecule has 1 fully saturated rings. The van der Waals surface area contributed by atoms with Gasteiger partial charge in [0, 0.05) is 12.1 Å². The average Bonchev–Trinajstić information content (AvgIpc) is 2.83. The Labute approximate surface area is 202 Å². The SMILES string of the molecule is CCCCCCOc1ccc(/C=C2/C(=O)NC(=O)N(c3cccc([N+](=O)[O-])c3)C2=O)cc1OCC. The second-order valence-electron chi connectivity index (χ2n) is 7.78. The summed E-state index contributed by atoms with van der Waals surface area (Å²) in [4.78, 5) is 49.1. The number of carbonyl (C=O) groups is 3. The number of urea groups is 1. The first kappa shape index (κ1) is 25.4. The lowest BCUT2D eigenvalue weighted by atomic mass is 10.1. The fourth-order valence-corrected chi connectivity index (χ4v) is 3.52. The fraction of sp³-hybridized carbons (Fsp3) is 0.320. The predicted octanol–water partition coefficient (Wildman–Crippen LogP) is 4.62. The molecule has 0 atom stereocenters. The number of hydrogen-bond donors (Lipinski definition) is 1. The van der Waals surface area contributed by atoms with Crippen LogP contribution in [0.4, 0.5) is 16.2 Å². The van der Waals surface area contributed by atoms with Gasteiger partial charge < -0.3 is 9.47 Å². The lowest BCUT2D eigenvalue weighted by Crippen LogP contribution is -2.54. The van der Waals surface area contributed by atoms with Gasteiger partial charge in [-0.25, -0.2) is 9.69 Å². The summed E-state index contributed by atoms with van der Waals surface area (Å²) in [6.07, 6.45) is 5.59. The van der Waals surface area contributed by atoms with Crippen LogP contribution < -0.4 is 19.7 Å². The molecule has 1 saturated heterocycles. The molecule has 1 N–H and O–H groups in total. The van der Waals surface area contributed by atoms with Crippen molar-refractivity contribution in [1.82, 2.24) is 5.32 Å². The molecule has 0 radical (unpaired) electrons. The summed E-state index contributed by atoms with van der Waals surface area (Å²) in [6.45, 7) is 4.90. The first-order valence-corrected chi connectivity index (χ1v) is 11.4. The lowest BCUT2D eigenvalue weighted by molar-refractivity contribution is -0.384. The van der Waals surface area contributed by atoms with Gasteiger partial charge in [0.1, 0.15) is 5.57 Å². The van der Waals surface area contributed by atoms with E-state index >= 15 is 0 Å². The third-order valence-electron chi connectivity index (χ3n) is 5.23. The van der Waals surface area contributed by atoms with Crippen molar-refractivity contribution in [3.8, 4) is 11.5 Å². The molecule has 0 bridgehead atoms. The summed E-state index contributed by atoms with van der Waals surface area (Å²) < 4.78 is 11.5. The summed E-state index contributed by atoms with van der Waals surface area (Å²) in [7, 11) is 0. The van der Waals surface area contributed by atoms with Gasteiger partial charge in [0.25, 0.3) is 17.5 Å². The van der Waals surface area contributed by atoms with E-state index < -0.39 is 22.8 Å². The Morgan fingerprint density at radius 3 is 2.51 bits per heavy atom. The number of anilines is 1. The van der Waals surface area contributed by atoms with Gasteiger partial charge in [-0.05, 0) is 43.2 Å². The lowest BCUT2D eigenvalue weighted by Gasteiger charge is -2.26. The Morgan fingerprint density at radius 1 is 1.00 bits per heavy atom. The van der Waals surface area contributed by atoms with Crippen LogP contribution in [0.5, 0.6) is 11.5 Å². The zero-order valence-corrected chi connectivity index (χ0v) is 19.6. The molecule has 2 aromatic carbocycles. The van der Waals surface area contributed by atoms with Crippen LogP contribution in [-0.4, -0.2) is 36.0 Å². The van der Waals surface area contributed by atoms with Crippen molar-refractivity contribution in [3.05, 3.63) is 63.7 Å². The highest BCUT2D eigenvalue weighted by molar-refractivity contribution is 6.39. The molecule has 184 valence electrons. The monoisotopic (exact) mass is 481 g/mol. The zero-order valence-electron chi connectivity index (χ0n) is 19.6. The number of nitro benzene ring substituents is 1. The molecular formula is C25H27N3O7. The molecule has 4 amide bonds. The Morgan fingerprint density at radius 2 is 1.80 bits per heavy atom. The molecule has 0 aromatic heterocycles. The summed E-state index contributed by atoms with van der Waals surface area (Å²) >= 11 is 0. The normalized spacial score (nSPS) is 14.7. The number of unbranched alkanes of at least 4 members (excludes halogenated alkanes) is 3. The van der Waals surface area contributed by atoms with Crippen molar-refractivity contribution in [3.63, 3.8) is 0 Å². The van der Waals surface area contributed by atoms with Crippen LogP contribution in [0.15, 0.2) is 48.0 Å². The molecule has 0 aliphatic carbocycles. The largest absolute Gasteiger partial charge is 0.490 e. The Kier molecular flexibility index (Phi) is 8.55. The highest BCUT2D eigenvalue weighted by Gasteiger charge is 2.37. The Balaban J connectivity index is 1.87. The van der Waals surface area contributed by atoms with E-state index in [-0.39, 0.29) is 16.9 Å². The van der Waals surface area contributed by atoms with Crippen LogP contribution in [0.1, 0.15) is 45.1 Å². The molecule has 10 nitrogen and oxygen atoms in total. The molecule has 0 spiro atoms. The Hall–Kier alpha value is -4.21. The number of barbiturate groups is 1. The molecule has 1 aliphatic heterocycles. The maximum absolute atomic E-state index is 13.1. The summed E-state index contributed by atoms with van der Waals surface area (Å²) in [6, 6.07) is 9.08. The van der Waals surface area contributed by atoms with Gasteiger partial charge in [0.2, 0.25) is 0 Å². The minimum absolute atomic E-state index is 0.0260. The van der Waals surface area contributed by atoms with Crippen LogP contribution in [0.25, 0.3) is 6.08 Å². The number of amides is 4. The van der Waals surface area contributed by atoms with Crippen molar-refractivity contribution in [2.45, 2.75) is 39.5 Å². The van der Waals surface area contributed by atoms with Crippen LogP contribution in [-0.2, 0) is 9.59 Å². The van der Waals surface area contributed by atoms with Crippen molar-refractivity contribution < 1.29 is 28.8 Å². The van der Waals surface area contributed by atoms with Gasteiger partial charge in [-0.3, -0.25) is 25.0 Å². The highest BCUT2D eigenvalue weighted by Crippen LogP contribution is 2.31. The van der Waals surface area contributed by atoms with Crippen LogP contribution in [0.3, 0.4) is 0 Å². The number of hydrogen-bond acceptors (Lipinski definition) is 7. The van der Waals surface area contributed by atoms with Gasteiger partial charge in [0.15, 0.2) is 11.5 Å². The molecular weight excluding hydrogens is 454 g/mol. The Bertz CT molecular complexity index is 1160. The number of ether oxygens (including phenoxy) is 2. The molecule has 3 rings (SSSR count). The van der Waals surface area contributed by atoms with E-state index in [9.17, 15) is 24.5 Å². The quantitative estimate of drug-likeness (QED) is 0.163. The van der Waals surface area contributed by atoms with E-state index in [0.29, 0.717) is 35.2 Å². The smallest absolute Gasteiger partial charge is 0.335 e. The van der Waals surface area contributed by atoms with Gasteiger partial charge in [-0.1, -0.05) is 38.3 Å². The number of nitro groups is 1. The molecule has 0 unspecified atom stereocenters. The summed E-state index contributed by atoms with van der Waals surface area (Å²) in [5.74, 6) is -0.740. The van der Waals surface area contributed by atoms with Crippen molar-refractivity contribution in [2.24, 2.45) is 0 Å². The number of imide groups is 2. The van der Waals surface area contributed by atoms with E-state index in [2.05, 4.69) is 12.2 Å². The van der Waals surface area contributed by atoms with Crippen LogP contribution in [0.2, 0.25) is 0 Å². The maximum atomic E-state index is 13.1. The number of carbonyl (C=O) groups excluding carboxylic acids is 3. The van der Waals surface area contributed by atoms with E-state index in [0.717, 1.165) is 31.7 Å². The minimum atomic E-state index is -0.987. The molecule has 1 heterocycles. The van der Waals surface area contributed by atoms with Gasteiger partial charge in [0.05, 0.1) is 23.8 Å². The fourth-order valence-electron chi connectivity index (χ4n) is 3.52. The first-order valence-electron chi connectivity index (χ1n) is 11.4. The minimum Gasteiger partial charge on any atom is -0.490 e. The predicted molar refractivity (Wildman–Crippen MR) is 129 cm³/mol. The van der Waals surface area contributed by atoms with E-state index in [4.69, 9.17) is 9.47 Å². The second-order valence-corrected chi connectivity index (χ2v) is 7.78. The van der Waals surface area contributed by atoms with Gasteiger partial charge >= 0.3 is 6.03 Å². The summed E-state index contributed by atoms with van der Waals surface area (Å²) in [5, 5.41) is 13.2. The number of non-ortho nitro benzene ring substituents is 1. The van der Waals surface area contributed by atoms with E-state index in [1.165, 1.54) is 24.3 Å². The van der Waals surface area contributed by atoms with Crippen molar-refractivity contribution in [2.75, 3.05) is 18.1 Å². The van der Waals surface area contributed by atoms with Gasteiger partial charge in [-0.2, -0.15) is 0 Å². The molecule has 10 heteroatoms. The number of nitrogens with zero attached hydrogens (tertiary/aromatic N) is 2. The third kappa shape index (κ3) is 6.23. The second kappa shape index (κ2) is 11.8. The van der Waals surface area contributed by atoms with Gasteiger partial charge in [-0.15, -0.1) is 0 Å². The number of nitrogens with one attached hydrogen (secondary N) is 1. The number of benzene rings is 2. The zero-order chi connectivity index (χ0) is 25.4. The van der Waals surface area contributed by atoms with Crippen molar-refractivity contribution >= 4 is 35.3 Å². The molecule has 1 aliphatic rings. The third-order valence-corrected chi connectivity index (χ3v) is 5.23. The maximum Gasteiger partial charge on any atom is 0.335 e. The summed E-state index contributed by atoms with van der Waals surface area (Å²) in [5.41, 5.74) is -0.135.